The Kier molecular flexibility index (Phi) is 9.61. The van der Waals surface area contributed by atoms with Gasteiger partial charge in [-0.3, -0.25) is 0 Å². The van der Waals surface area contributed by atoms with E-state index in [2.05, 4.69) is 199 Å². The molecule has 0 bridgehead atoms. The van der Waals surface area contributed by atoms with Crippen LogP contribution in [0.2, 0.25) is 0 Å². The van der Waals surface area contributed by atoms with E-state index in [0.29, 0.717) is 11.1 Å². The van der Waals surface area contributed by atoms with Gasteiger partial charge in [0.05, 0.1) is 23.3 Å². The zero-order valence-corrected chi connectivity index (χ0v) is 36.4. The molecule has 1 aliphatic carbocycles. The summed E-state index contributed by atoms with van der Waals surface area (Å²) in [6, 6.07) is 88.2. The number of fused-ring (bicyclic) bond motifs is 4. The number of rotatable bonds is 8. The molecule has 0 atom stereocenters. The van der Waals surface area contributed by atoms with Crippen LogP contribution in [0.15, 0.2) is 237 Å². The van der Waals surface area contributed by atoms with Crippen LogP contribution in [-0.2, 0) is 0 Å². The van der Waals surface area contributed by atoms with Gasteiger partial charge in [-0.05, 0) is 166 Å². The zero-order chi connectivity index (χ0) is 44.8. The van der Waals surface area contributed by atoms with Crippen molar-refractivity contribution in [1.82, 2.24) is 0 Å². The van der Waals surface area contributed by atoms with Crippen LogP contribution in [0.5, 0.6) is 0 Å². The van der Waals surface area contributed by atoms with Crippen LogP contribution in [-0.4, -0.2) is 0 Å². The lowest BCUT2D eigenvalue weighted by molar-refractivity contribution is 1.28. The molecule has 1 aliphatic rings. The first-order chi connectivity index (χ1) is 33.1. The Morgan fingerprint density at radius 3 is 1.25 bits per heavy atom. The Labute approximate surface area is 390 Å². The minimum absolute atomic E-state index is 0.614. The monoisotopic (exact) mass is 849 g/mol. The highest BCUT2D eigenvalue weighted by molar-refractivity contribution is 6.28. The highest BCUT2D eigenvalue weighted by Crippen LogP contribution is 2.58. The van der Waals surface area contributed by atoms with Crippen LogP contribution in [0.4, 0.5) is 17.1 Å². The Morgan fingerprint density at radius 1 is 0.269 bits per heavy atom. The maximum atomic E-state index is 9.60. The first-order valence-corrected chi connectivity index (χ1v) is 22.5. The standard InChI is InChI=1S/C64H39N3/c65-40-42-26-30-44(31-27-42)49-36-50(45-32-28-43(41-66)29-33-45)39-53(38-49)67(51-19-8-3-9-20-51)52-21-12-18-48(37-52)54-34-35-59-62-55(54)24-13-25-58(62)63-60(46-14-4-1-5-15-46)56-22-10-11-23-57(56)61(64(59)63)47-16-6-2-7-17-47/h1-39H. The van der Waals surface area contributed by atoms with Crippen molar-refractivity contribution in [2.24, 2.45) is 0 Å². The van der Waals surface area contributed by atoms with Crippen molar-refractivity contribution >= 4 is 38.6 Å². The van der Waals surface area contributed by atoms with E-state index in [-0.39, 0.29) is 0 Å². The average Bonchev–Trinajstić information content (AvgIpc) is 3.73. The summed E-state index contributed by atoms with van der Waals surface area (Å²) in [5.74, 6) is 0. The normalized spacial score (nSPS) is 11.3. The predicted molar refractivity (Wildman–Crippen MR) is 277 cm³/mol. The van der Waals surface area contributed by atoms with E-state index in [9.17, 15) is 10.5 Å². The topological polar surface area (TPSA) is 50.8 Å². The second-order valence-electron chi connectivity index (χ2n) is 17.0. The lowest BCUT2D eigenvalue weighted by Crippen LogP contribution is -2.10. The second kappa shape index (κ2) is 16.4. The highest BCUT2D eigenvalue weighted by atomic mass is 15.1. The van der Waals surface area contributed by atoms with Crippen LogP contribution < -0.4 is 4.90 Å². The predicted octanol–water partition coefficient (Wildman–Crippen LogP) is 17.2. The molecule has 0 radical (unpaired) electrons. The minimum Gasteiger partial charge on any atom is -0.310 e. The van der Waals surface area contributed by atoms with Gasteiger partial charge in [0.25, 0.3) is 0 Å². The SMILES string of the molecule is N#Cc1ccc(-c2cc(-c3ccc(C#N)cc3)cc(N(c3ccccc3)c3cccc(-c4ccc5c6c(cccc46)-c4c-5c(-c5ccccc5)c5ccccc5c4-c4ccccc4)c3)c2)cc1. The molecule has 0 spiro atoms. The summed E-state index contributed by atoms with van der Waals surface area (Å²) in [6.45, 7) is 0. The summed E-state index contributed by atoms with van der Waals surface area (Å²) in [4.78, 5) is 2.32. The Balaban J connectivity index is 1.06. The lowest BCUT2D eigenvalue weighted by atomic mass is 9.82. The summed E-state index contributed by atoms with van der Waals surface area (Å²) in [6.07, 6.45) is 0. The van der Waals surface area contributed by atoms with Crippen LogP contribution in [0.3, 0.4) is 0 Å². The van der Waals surface area contributed by atoms with Gasteiger partial charge in [-0.2, -0.15) is 10.5 Å². The zero-order valence-electron chi connectivity index (χ0n) is 36.4. The fourth-order valence-electron chi connectivity index (χ4n) is 10.2. The van der Waals surface area contributed by atoms with E-state index >= 15 is 0 Å². The van der Waals surface area contributed by atoms with Crippen LogP contribution in [0, 0.1) is 22.7 Å². The number of anilines is 3. The highest BCUT2D eigenvalue weighted by Gasteiger charge is 2.31. The van der Waals surface area contributed by atoms with Gasteiger partial charge < -0.3 is 4.90 Å². The quantitative estimate of drug-likeness (QED) is 0.153. The first kappa shape index (κ1) is 39.3. The van der Waals surface area contributed by atoms with Gasteiger partial charge in [-0.15, -0.1) is 0 Å². The molecule has 0 unspecified atom stereocenters. The van der Waals surface area contributed by atoms with E-state index in [1.54, 1.807) is 0 Å². The molecule has 11 aromatic rings. The summed E-state index contributed by atoms with van der Waals surface area (Å²) in [5, 5.41) is 24.2. The van der Waals surface area contributed by atoms with E-state index < -0.39 is 0 Å². The van der Waals surface area contributed by atoms with E-state index in [1.807, 2.05) is 54.6 Å². The van der Waals surface area contributed by atoms with Gasteiger partial charge >= 0.3 is 0 Å². The van der Waals surface area contributed by atoms with E-state index in [4.69, 9.17) is 0 Å². The number of para-hydroxylation sites is 1. The molecule has 11 aromatic carbocycles. The number of hydrogen-bond acceptors (Lipinski definition) is 3. The summed E-state index contributed by atoms with van der Waals surface area (Å²) in [7, 11) is 0. The lowest BCUT2D eigenvalue weighted by Gasteiger charge is -2.27. The Bertz CT molecular complexity index is 3620. The van der Waals surface area contributed by atoms with Gasteiger partial charge in [-0.25, -0.2) is 0 Å². The molecule has 0 amide bonds. The van der Waals surface area contributed by atoms with Crippen LogP contribution in [0.1, 0.15) is 11.1 Å². The fourth-order valence-corrected chi connectivity index (χ4v) is 10.2. The van der Waals surface area contributed by atoms with Crippen molar-refractivity contribution in [2.45, 2.75) is 0 Å². The van der Waals surface area contributed by atoms with Gasteiger partial charge in [0.1, 0.15) is 0 Å². The average molecular weight is 850 g/mol. The van der Waals surface area contributed by atoms with Crippen molar-refractivity contribution in [1.29, 1.82) is 10.5 Å². The molecule has 0 heterocycles. The van der Waals surface area contributed by atoms with E-state index in [0.717, 1.165) is 44.9 Å². The van der Waals surface area contributed by atoms with Crippen molar-refractivity contribution in [3.63, 3.8) is 0 Å². The Morgan fingerprint density at radius 2 is 0.701 bits per heavy atom. The van der Waals surface area contributed by atoms with Crippen molar-refractivity contribution in [3.8, 4) is 90.0 Å². The second-order valence-corrected chi connectivity index (χ2v) is 17.0. The molecule has 12 rings (SSSR count). The number of hydrogen-bond donors (Lipinski definition) is 0. The Hall–Kier alpha value is -9.28. The third-order valence-electron chi connectivity index (χ3n) is 13.2. The smallest absolute Gasteiger partial charge is 0.0991 e. The molecule has 310 valence electrons. The van der Waals surface area contributed by atoms with Gasteiger partial charge in [0.15, 0.2) is 0 Å². The van der Waals surface area contributed by atoms with Crippen LogP contribution in [0.25, 0.3) is 99.4 Å². The molecule has 0 saturated carbocycles. The molecule has 0 aromatic heterocycles. The van der Waals surface area contributed by atoms with Crippen LogP contribution >= 0.6 is 0 Å². The maximum absolute atomic E-state index is 9.60. The fraction of sp³-hybridized carbons (Fsp3) is 0. The van der Waals surface area contributed by atoms with Crippen molar-refractivity contribution in [3.05, 3.63) is 248 Å². The molecule has 3 nitrogen and oxygen atoms in total. The molecule has 0 aliphatic heterocycles. The van der Waals surface area contributed by atoms with Gasteiger partial charge in [0.2, 0.25) is 0 Å². The molecule has 3 heteroatoms. The molecule has 67 heavy (non-hydrogen) atoms. The first-order valence-electron chi connectivity index (χ1n) is 22.5. The number of benzene rings is 11. The molecular formula is C64H39N3. The van der Waals surface area contributed by atoms with Crippen molar-refractivity contribution < 1.29 is 0 Å². The summed E-state index contributed by atoms with van der Waals surface area (Å²) >= 11 is 0. The van der Waals surface area contributed by atoms with E-state index in [1.165, 1.54) is 71.6 Å². The molecule has 0 N–H and O–H groups in total. The number of nitriles is 2. The summed E-state index contributed by atoms with van der Waals surface area (Å²) < 4.78 is 0. The van der Waals surface area contributed by atoms with Gasteiger partial charge in [0, 0.05) is 17.1 Å². The molecule has 0 fully saturated rings. The molecular weight excluding hydrogens is 811 g/mol. The third-order valence-corrected chi connectivity index (χ3v) is 13.2. The third kappa shape index (κ3) is 6.74. The summed E-state index contributed by atoms with van der Waals surface area (Å²) in [5.41, 5.74) is 20.6. The maximum Gasteiger partial charge on any atom is 0.0991 e. The molecule has 0 saturated heterocycles. The minimum atomic E-state index is 0.614. The number of nitrogens with zero attached hydrogens (tertiary/aromatic N) is 3. The largest absolute Gasteiger partial charge is 0.310 e. The van der Waals surface area contributed by atoms with Gasteiger partial charge in [-0.1, -0.05) is 170 Å². The van der Waals surface area contributed by atoms with Crippen molar-refractivity contribution in [2.75, 3.05) is 4.90 Å².